The van der Waals surface area contributed by atoms with E-state index in [9.17, 15) is 4.79 Å². The lowest BCUT2D eigenvalue weighted by Crippen LogP contribution is -2.16. The standard InChI is InChI=1S/C14H19BrO2/c1-5-6-12(15)14(16)13-9(2)7-11(17-4)8-10(13)3/h7-8,12H,5-6H2,1-4H3. The quantitative estimate of drug-likeness (QED) is 0.605. The molecule has 1 aromatic rings. The number of Topliss-reactive ketones (excluding diaryl/α,β-unsaturated/α-hetero) is 1. The first-order chi connectivity index (χ1) is 8.01. The Balaban J connectivity index is 3.10. The van der Waals surface area contributed by atoms with Crippen LogP contribution in [0.4, 0.5) is 0 Å². The van der Waals surface area contributed by atoms with Crippen LogP contribution < -0.4 is 4.74 Å². The largest absolute Gasteiger partial charge is 0.497 e. The summed E-state index contributed by atoms with van der Waals surface area (Å²) in [7, 11) is 1.64. The Kier molecular flexibility index (Phi) is 5.19. The lowest BCUT2D eigenvalue weighted by molar-refractivity contribution is 0.0987. The number of rotatable bonds is 5. The number of carbonyl (C=O) groups is 1. The third-order valence-corrected chi connectivity index (χ3v) is 3.69. The second-order valence-corrected chi connectivity index (χ2v) is 5.36. The van der Waals surface area contributed by atoms with Gasteiger partial charge in [0.15, 0.2) is 5.78 Å². The maximum atomic E-state index is 12.3. The van der Waals surface area contributed by atoms with Crippen molar-refractivity contribution >= 4 is 21.7 Å². The van der Waals surface area contributed by atoms with Crippen LogP contribution in [0.1, 0.15) is 41.3 Å². The molecule has 0 bridgehead atoms. The molecule has 1 rings (SSSR count). The number of benzene rings is 1. The Morgan fingerprint density at radius 2 is 1.88 bits per heavy atom. The van der Waals surface area contributed by atoms with Gasteiger partial charge in [-0.05, 0) is 43.5 Å². The molecule has 0 amide bonds. The van der Waals surface area contributed by atoms with Crippen LogP contribution in [0.25, 0.3) is 0 Å². The summed E-state index contributed by atoms with van der Waals surface area (Å²) >= 11 is 3.46. The van der Waals surface area contributed by atoms with Crippen LogP contribution in [-0.2, 0) is 0 Å². The summed E-state index contributed by atoms with van der Waals surface area (Å²) in [5.41, 5.74) is 2.78. The summed E-state index contributed by atoms with van der Waals surface area (Å²) in [6, 6.07) is 3.82. The molecule has 0 heterocycles. The van der Waals surface area contributed by atoms with Crippen LogP contribution in [0.5, 0.6) is 5.75 Å². The average molecular weight is 299 g/mol. The molecule has 0 aliphatic rings. The van der Waals surface area contributed by atoms with E-state index in [4.69, 9.17) is 4.74 Å². The third kappa shape index (κ3) is 3.32. The minimum Gasteiger partial charge on any atom is -0.497 e. The summed E-state index contributed by atoms with van der Waals surface area (Å²) in [6.45, 7) is 5.98. The highest BCUT2D eigenvalue weighted by Gasteiger charge is 2.20. The van der Waals surface area contributed by atoms with Gasteiger partial charge in [0, 0.05) is 5.56 Å². The molecule has 0 saturated carbocycles. The molecule has 1 aromatic carbocycles. The molecule has 0 radical (unpaired) electrons. The predicted octanol–water partition coefficient (Wildman–Crippen LogP) is 4.06. The normalized spacial score (nSPS) is 12.3. The molecule has 1 unspecified atom stereocenters. The van der Waals surface area contributed by atoms with Crippen molar-refractivity contribution in [2.75, 3.05) is 7.11 Å². The summed E-state index contributed by atoms with van der Waals surface area (Å²) in [5, 5.41) is 0. The molecule has 0 N–H and O–H groups in total. The van der Waals surface area contributed by atoms with Gasteiger partial charge >= 0.3 is 0 Å². The summed E-state index contributed by atoms with van der Waals surface area (Å²) < 4.78 is 5.20. The van der Waals surface area contributed by atoms with E-state index in [1.54, 1.807) is 7.11 Å². The Morgan fingerprint density at radius 1 is 1.35 bits per heavy atom. The topological polar surface area (TPSA) is 26.3 Å². The lowest BCUT2D eigenvalue weighted by atomic mass is 9.96. The van der Waals surface area contributed by atoms with E-state index in [1.807, 2.05) is 26.0 Å². The lowest BCUT2D eigenvalue weighted by Gasteiger charge is -2.14. The molecule has 17 heavy (non-hydrogen) atoms. The van der Waals surface area contributed by atoms with Gasteiger partial charge in [0.25, 0.3) is 0 Å². The van der Waals surface area contributed by atoms with E-state index in [1.165, 1.54) is 0 Å². The summed E-state index contributed by atoms with van der Waals surface area (Å²) in [5.74, 6) is 0.975. The van der Waals surface area contributed by atoms with Crippen molar-refractivity contribution in [2.45, 2.75) is 38.4 Å². The maximum absolute atomic E-state index is 12.3. The maximum Gasteiger partial charge on any atom is 0.176 e. The van der Waals surface area contributed by atoms with Crippen LogP contribution in [-0.4, -0.2) is 17.7 Å². The van der Waals surface area contributed by atoms with Crippen molar-refractivity contribution < 1.29 is 9.53 Å². The zero-order chi connectivity index (χ0) is 13.0. The Morgan fingerprint density at radius 3 is 2.29 bits per heavy atom. The van der Waals surface area contributed by atoms with E-state index in [0.29, 0.717) is 0 Å². The van der Waals surface area contributed by atoms with Gasteiger partial charge in [0.05, 0.1) is 11.9 Å². The number of hydrogen-bond donors (Lipinski definition) is 0. The van der Waals surface area contributed by atoms with Gasteiger partial charge in [-0.2, -0.15) is 0 Å². The molecule has 0 saturated heterocycles. The first-order valence-corrected chi connectivity index (χ1v) is 6.76. The average Bonchev–Trinajstić information content (AvgIpc) is 2.28. The number of alkyl halides is 1. The van der Waals surface area contributed by atoms with Crippen LogP contribution in [0, 0.1) is 13.8 Å². The number of ether oxygens (including phenoxy) is 1. The number of aryl methyl sites for hydroxylation is 2. The van der Waals surface area contributed by atoms with Gasteiger partial charge in [0.1, 0.15) is 5.75 Å². The van der Waals surface area contributed by atoms with Gasteiger partial charge in [-0.25, -0.2) is 0 Å². The van der Waals surface area contributed by atoms with Crippen LogP contribution in [0.3, 0.4) is 0 Å². The molecule has 0 spiro atoms. The van der Waals surface area contributed by atoms with Crippen molar-refractivity contribution in [3.8, 4) is 5.75 Å². The van der Waals surface area contributed by atoms with Gasteiger partial charge in [-0.15, -0.1) is 0 Å². The van der Waals surface area contributed by atoms with Crippen LogP contribution >= 0.6 is 15.9 Å². The van der Waals surface area contributed by atoms with E-state index in [2.05, 4.69) is 22.9 Å². The second kappa shape index (κ2) is 6.20. The highest BCUT2D eigenvalue weighted by atomic mass is 79.9. The van der Waals surface area contributed by atoms with Crippen LogP contribution in [0.2, 0.25) is 0 Å². The van der Waals surface area contributed by atoms with Crippen molar-refractivity contribution in [2.24, 2.45) is 0 Å². The minimum atomic E-state index is -0.0849. The van der Waals surface area contributed by atoms with Gasteiger partial charge in [-0.3, -0.25) is 4.79 Å². The van der Waals surface area contributed by atoms with E-state index < -0.39 is 0 Å². The summed E-state index contributed by atoms with van der Waals surface area (Å²) in [4.78, 5) is 12.2. The second-order valence-electron chi connectivity index (χ2n) is 4.26. The molecule has 0 aliphatic heterocycles. The highest BCUT2D eigenvalue weighted by molar-refractivity contribution is 9.10. The number of halogens is 1. The summed E-state index contributed by atoms with van der Waals surface area (Å²) in [6.07, 6.45) is 1.86. The Bertz CT molecular complexity index is 390. The van der Waals surface area contributed by atoms with Crippen molar-refractivity contribution in [3.05, 3.63) is 28.8 Å². The Hall–Kier alpha value is -0.830. The molecule has 0 aromatic heterocycles. The Labute approximate surface area is 111 Å². The number of hydrogen-bond acceptors (Lipinski definition) is 2. The first kappa shape index (κ1) is 14.2. The number of methoxy groups -OCH3 is 1. The number of carbonyl (C=O) groups excluding carboxylic acids is 1. The fourth-order valence-electron chi connectivity index (χ4n) is 1.97. The molecular formula is C14H19BrO2. The fourth-order valence-corrected chi connectivity index (χ4v) is 2.66. The molecular weight excluding hydrogens is 280 g/mol. The number of ketones is 1. The minimum absolute atomic E-state index is 0.0849. The van der Waals surface area contributed by atoms with Crippen molar-refractivity contribution in [3.63, 3.8) is 0 Å². The fraction of sp³-hybridized carbons (Fsp3) is 0.500. The van der Waals surface area contributed by atoms with E-state index in [0.717, 1.165) is 35.3 Å². The highest BCUT2D eigenvalue weighted by Crippen LogP contribution is 2.25. The monoisotopic (exact) mass is 298 g/mol. The van der Waals surface area contributed by atoms with Crippen molar-refractivity contribution in [1.29, 1.82) is 0 Å². The van der Waals surface area contributed by atoms with Gasteiger partial charge in [-0.1, -0.05) is 29.3 Å². The van der Waals surface area contributed by atoms with Crippen LogP contribution in [0.15, 0.2) is 12.1 Å². The van der Waals surface area contributed by atoms with Gasteiger partial charge < -0.3 is 4.74 Å². The third-order valence-electron chi connectivity index (χ3n) is 2.81. The molecule has 2 nitrogen and oxygen atoms in total. The molecule has 0 aliphatic carbocycles. The molecule has 3 heteroatoms. The first-order valence-electron chi connectivity index (χ1n) is 5.84. The van der Waals surface area contributed by atoms with Gasteiger partial charge in [0.2, 0.25) is 0 Å². The SMILES string of the molecule is CCCC(Br)C(=O)c1c(C)cc(OC)cc1C. The van der Waals surface area contributed by atoms with E-state index >= 15 is 0 Å². The zero-order valence-corrected chi connectivity index (χ0v) is 12.4. The molecule has 1 atom stereocenters. The predicted molar refractivity (Wildman–Crippen MR) is 74.4 cm³/mol. The smallest absolute Gasteiger partial charge is 0.176 e. The van der Waals surface area contributed by atoms with E-state index in [-0.39, 0.29) is 10.6 Å². The molecule has 0 fully saturated rings. The van der Waals surface area contributed by atoms with Crippen molar-refractivity contribution in [1.82, 2.24) is 0 Å². The zero-order valence-electron chi connectivity index (χ0n) is 10.8. The molecule has 94 valence electrons.